The van der Waals surface area contributed by atoms with Crippen LogP contribution in [0.2, 0.25) is 0 Å². The summed E-state index contributed by atoms with van der Waals surface area (Å²) in [6, 6.07) is 9.82. The molecule has 6 heteroatoms. The Morgan fingerprint density at radius 1 is 1.04 bits per heavy atom. The zero-order valence-corrected chi connectivity index (χ0v) is 14.3. The number of rotatable bonds is 6. The van der Waals surface area contributed by atoms with Gasteiger partial charge in [-0.05, 0) is 30.2 Å². The quantitative estimate of drug-likeness (QED) is 0.874. The highest BCUT2D eigenvalue weighted by molar-refractivity contribution is 5.98. The monoisotopic (exact) mass is 345 g/mol. The van der Waals surface area contributed by atoms with E-state index in [-0.39, 0.29) is 23.7 Å². The minimum atomic E-state index is -0.290. The van der Waals surface area contributed by atoms with Crippen LogP contribution in [-0.4, -0.2) is 33.3 Å². The molecule has 25 heavy (non-hydrogen) atoms. The number of halogens is 1. The first-order valence-electron chi connectivity index (χ1n) is 7.95. The summed E-state index contributed by atoms with van der Waals surface area (Å²) in [6.07, 6.45) is 0.711. The molecule has 2 aromatic rings. The van der Waals surface area contributed by atoms with Gasteiger partial charge < -0.3 is 19.5 Å². The van der Waals surface area contributed by atoms with Gasteiger partial charge >= 0.3 is 0 Å². The summed E-state index contributed by atoms with van der Waals surface area (Å²) in [5, 5.41) is 2.93. The first-order valence-corrected chi connectivity index (χ1v) is 7.95. The van der Waals surface area contributed by atoms with Gasteiger partial charge in [0.25, 0.3) is 5.91 Å². The van der Waals surface area contributed by atoms with E-state index in [2.05, 4.69) is 5.32 Å². The lowest BCUT2D eigenvalue weighted by molar-refractivity contribution is 0.0946. The summed E-state index contributed by atoms with van der Waals surface area (Å²) in [4.78, 5) is 12.6. The van der Waals surface area contributed by atoms with Crippen molar-refractivity contribution in [3.8, 4) is 17.2 Å². The van der Waals surface area contributed by atoms with Crippen molar-refractivity contribution in [3.63, 3.8) is 0 Å². The third-order valence-corrected chi connectivity index (χ3v) is 4.36. The van der Waals surface area contributed by atoms with E-state index in [1.807, 2.05) is 0 Å². The van der Waals surface area contributed by atoms with Gasteiger partial charge in [0.15, 0.2) is 11.5 Å². The summed E-state index contributed by atoms with van der Waals surface area (Å²) in [5.41, 5.74) is 0.978. The Balaban J connectivity index is 1.78. The van der Waals surface area contributed by atoms with Crippen molar-refractivity contribution in [3.05, 3.63) is 53.3 Å². The Kier molecular flexibility index (Phi) is 4.79. The number of ether oxygens (including phenoxy) is 3. The van der Waals surface area contributed by atoms with Gasteiger partial charge in [0.2, 0.25) is 5.75 Å². The Labute approximate surface area is 145 Å². The second kappa shape index (κ2) is 7.01. The fraction of sp³-hybridized carbons (Fsp3) is 0.316. The fourth-order valence-electron chi connectivity index (χ4n) is 3.00. The van der Waals surface area contributed by atoms with E-state index in [9.17, 15) is 9.18 Å². The highest BCUT2D eigenvalue weighted by Crippen LogP contribution is 2.43. The summed E-state index contributed by atoms with van der Waals surface area (Å²) >= 11 is 0. The molecule has 0 unspecified atom stereocenters. The van der Waals surface area contributed by atoms with Crippen molar-refractivity contribution in [2.45, 2.75) is 18.4 Å². The summed E-state index contributed by atoms with van der Waals surface area (Å²) in [5.74, 6) is 0.610. The van der Waals surface area contributed by atoms with Crippen LogP contribution in [0.5, 0.6) is 17.2 Å². The fourth-order valence-corrected chi connectivity index (χ4v) is 3.00. The van der Waals surface area contributed by atoms with E-state index in [1.54, 1.807) is 30.3 Å². The zero-order chi connectivity index (χ0) is 18.0. The molecule has 0 aromatic heterocycles. The number of methoxy groups -OCH3 is 3. The first kappa shape index (κ1) is 17.1. The highest BCUT2D eigenvalue weighted by Gasteiger charge is 2.41. The molecule has 3 rings (SSSR count). The molecule has 1 fully saturated rings. The van der Waals surface area contributed by atoms with Crippen LogP contribution in [0.15, 0.2) is 36.4 Å². The van der Waals surface area contributed by atoms with Gasteiger partial charge in [-0.2, -0.15) is 0 Å². The average molecular weight is 345 g/mol. The smallest absolute Gasteiger partial charge is 0.255 e. The van der Waals surface area contributed by atoms with E-state index in [4.69, 9.17) is 14.2 Å². The molecule has 1 amide bonds. The van der Waals surface area contributed by atoms with Gasteiger partial charge in [-0.15, -0.1) is 0 Å². The van der Waals surface area contributed by atoms with E-state index >= 15 is 0 Å². The Bertz CT molecular complexity index is 793. The molecule has 2 atom stereocenters. The number of amides is 1. The van der Waals surface area contributed by atoms with Gasteiger partial charge in [-0.25, -0.2) is 4.39 Å². The third kappa shape index (κ3) is 3.24. The Hall–Kier alpha value is -2.76. The standard InChI is InChI=1S/C19H20FNO4/c1-23-16-9-8-12(17(24-2)18(16)25-3)19(22)21-15-10-13(15)11-6-4-5-7-14(11)20/h4-9,13,15H,10H2,1-3H3,(H,21,22)/t13-,15-/m1/s1. The summed E-state index contributed by atoms with van der Waals surface area (Å²) in [7, 11) is 4.46. The molecule has 132 valence electrons. The lowest BCUT2D eigenvalue weighted by atomic mass is 10.1. The number of hydrogen-bond donors (Lipinski definition) is 1. The first-order chi connectivity index (χ1) is 12.1. The van der Waals surface area contributed by atoms with E-state index in [0.717, 1.165) is 0 Å². The van der Waals surface area contributed by atoms with Crippen LogP contribution in [-0.2, 0) is 0 Å². The van der Waals surface area contributed by atoms with Crippen molar-refractivity contribution in [1.82, 2.24) is 5.32 Å². The molecule has 0 radical (unpaired) electrons. The van der Waals surface area contributed by atoms with Crippen LogP contribution < -0.4 is 19.5 Å². The Morgan fingerprint density at radius 2 is 1.76 bits per heavy atom. The molecular formula is C19H20FNO4. The molecule has 0 heterocycles. The van der Waals surface area contributed by atoms with E-state index in [0.29, 0.717) is 34.8 Å². The van der Waals surface area contributed by atoms with Gasteiger partial charge in [-0.1, -0.05) is 18.2 Å². The van der Waals surface area contributed by atoms with Crippen molar-refractivity contribution in [2.24, 2.45) is 0 Å². The zero-order valence-electron chi connectivity index (χ0n) is 14.3. The van der Waals surface area contributed by atoms with Crippen molar-refractivity contribution in [2.75, 3.05) is 21.3 Å². The maximum Gasteiger partial charge on any atom is 0.255 e. The van der Waals surface area contributed by atoms with Gasteiger partial charge in [0.1, 0.15) is 5.82 Å². The van der Waals surface area contributed by atoms with Crippen LogP contribution in [0.25, 0.3) is 0 Å². The molecule has 1 aliphatic rings. The van der Waals surface area contributed by atoms with Crippen LogP contribution in [0.1, 0.15) is 28.3 Å². The number of benzene rings is 2. The molecule has 1 saturated carbocycles. The topological polar surface area (TPSA) is 56.8 Å². The average Bonchev–Trinajstić information content (AvgIpc) is 3.39. The third-order valence-electron chi connectivity index (χ3n) is 4.36. The molecule has 5 nitrogen and oxygen atoms in total. The van der Waals surface area contributed by atoms with Crippen molar-refractivity contribution < 1.29 is 23.4 Å². The highest BCUT2D eigenvalue weighted by atomic mass is 19.1. The van der Waals surface area contributed by atoms with E-state index in [1.165, 1.54) is 27.4 Å². The number of nitrogens with one attached hydrogen (secondary N) is 1. The lowest BCUT2D eigenvalue weighted by Gasteiger charge is -2.15. The van der Waals surface area contributed by atoms with Gasteiger partial charge in [0.05, 0.1) is 26.9 Å². The molecular weight excluding hydrogens is 325 g/mol. The molecule has 0 aliphatic heterocycles. The van der Waals surface area contributed by atoms with Crippen LogP contribution in [0.4, 0.5) is 4.39 Å². The molecule has 0 spiro atoms. The van der Waals surface area contributed by atoms with Gasteiger partial charge in [0, 0.05) is 12.0 Å². The summed E-state index contributed by atoms with van der Waals surface area (Å²) < 4.78 is 29.7. The van der Waals surface area contributed by atoms with Crippen LogP contribution >= 0.6 is 0 Å². The molecule has 0 saturated heterocycles. The predicted octanol–water partition coefficient (Wildman–Crippen LogP) is 3.14. The van der Waals surface area contributed by atoms with E-state index < -0.39 is 0 Å². The van der Waals surface area contributed by atoms with Gasteiger partial charge in [-0.3, -0.25) is 4.79 Å². The maximum absolute atomic E-state index is 13.9. The minimum Gasteiger partial charge on any atom is -0.493 e. The Morgan fingerprint density at radius 3 is 2.40 bits per heavy atom. The normalized spacial score (nSPS) is 18.4. The second-order valence-corrected chi connectivity index (χ2v) is 5.83. The molecule has 2 aromatic carbocycles. The predicted molar refractivity (Wildman–Crippen MR) is 91.1 cm³/mol. The molecule has 1 N–H and O–H groups in total. The number of carbonyl (C=O) groups excluding carboxylic acids is 1. The van der Waals surface area contributed by atoms with Crippen molar-refractivity contribution in [1.29, 1.82) is 0 Å². The SMILES string of the molecule is COc1ccc(C(=O)N[C@@H]2C[C@@H]2c2ccccc2F)c(OC)c1OC. The summed E-state index contributed by atoms with van der Waals surface area (Å²) in [6.45, 7) is 0. The van der Waals surface area contributed by atoms with Crippen molar-refractivity contribution >= 4 is 5.91 Å². The van der Waals surface area contributed by atoms with Crippen LogP contribution in [0, 0.1) is 5.82 Å². The van der Waals surface area contributed by atoms with Crippen LogP contribution in [0.3, 0.4) is 0 Å². The molecule has 1 aliphatic carbocycles. The number of carbonyl (C=O) groups is 1. The second-order valence-electron chi connectivity index (χ2n) is 5.83. The lowest BCUT2D eigenvalue weighted by Crippen LogP contribution is -2.27. The molecule has 0 bridgehead atoms. The largest absolute Gasteiger partial charge is 0.493 e. The minimum absolute atomic E-state index is 0.00344. The maximum atomic E-state index is 13.9. The number of hydrogen-bond acceptors (Lipinski definition) is 4.